The number of nitrogens with one attached hydrogen (secondary N) is 1. The summed E-state index contributed by atoms with van der Waals surface area (Å²) in [5, 5.41) is 3.15. The van der Waals surface area contributed by atoms with Crippen LogP contribution in [-0.4, -0.2) is 30.9 Å². The van der Waals surface area contributed by atoms with Gasteiger partial charge in [0, 0.05) is 16.1 Å². The number of hydrogen-bond donors (Lipinski definition) is 1. The maximum absolute atomic E-state index is 12.8. The number of anilines is 1. The molecular weight excluding hydrogens is 418 g/mol. The van der Waals surface area contributed by atoms with Crippen molar-refractivity contribution < 1.29 is 23.9 Å². The smallest absolute Gasteiger partial charge is 0.339 e. The van der Waals surface area contributed by atoms with Crippen LogP contribution in [0.5, 0.6) is 5.75 Å². The Labute approximate surface area is 184 Å². The van der Waals surface area contributed by atoms with E-state index in [4.69, 9.17) is 21.1 Å². The second-order valence-corrected chi connectivity index (χ2v) is 6.87. The monoisotopic (exact) mass is 437 g/mol. The summed E-state index contributed by atoms with van der Waals surface area (Å²) in [6.07, 6.45) is 0. The summed E-state index contributed by atoms with van der Waals surface area (Å²) in [6.45, 7) is 1.77. The van der Waals surface area contributed by atoms with E-state index in [1.165, 1.54) is 12.1 Å². The van der Waals surface area contributed by atoms with E-state index < -0.39 is 18.5 Å². The SMILES string of the molecule is CCOc1ccccc1NC(=O)COC(=O)c1ccccc1C(=O)c1ccc(Cl)cc1. The standard InChI is InChI=1S/C24H20ClNO5/c1-2-30-21-10-6-5-9-20(21)26-22(27)15-31-24(29)19-8-4-3-7-18(19)23(28)16-11-13-17(25)14-12-16/h3-14H,2,15H2,1H3,(H,26,27). The van der Waals surface area contributed by atoms with E-state index in [-0.39, 0.29) is 16.9 Å². The molecule has 3 aromatic carbocycles. The molecule has 0 atom stereocenters. The van der Waals surface area contributed by atoms with Crippen LogP contribution >= 0.6 is 11.6 Å². The van der Waals surface area contributed by atoms with Gasteiger partial charge in [0.1, 0.15) is 5.75 Å². The highest BCUT2D eigenvalue weighted by molar-refractivity contribution is 6.30. The van der Waals surface area contributed by atoms with E-state index in [2.05, 4.69) is 5.32 Å². The summed E-state index contributed by atoms with van der Waals surface area (Å²) in [6, 6.07) is 19.6. The van der Waals surface area contributed by atoms with Gasteiger partial charge in [0.15, 0.2) is 12.4 Å². The summed E-state index contributed by atoms with van der Waals surface area (Å²) in [7, 11) is 0. The first-order valence-electron chi connectivity index (χ1n) is 9.57. The van der Waals surface area contributed by atoms with Crippen molar-refractivity contribution in [3.8, 4) is 5.75 Å². The molecule has 0 aliphatic carbocycles. The molecule has 0 bridgehead atoms. The van der Waals surface area contributed by atoms with E-state index in [1.54, 1.807) is 60.7 Å². The van der Waals surface area contributed by atoms with Gasteiger partial charge in [-0.1, -0.05) is 41.9 Å². The predicted octanol–water partition coefficient (Wildman–Crippen LogP) is 4.77. The zero-order chi connectivity index (χ0) is 22.2. The van der Waals surface area contributed by atoms with Crippen molar-refractivity contribution in [1.29, 1.82) is 0 Å². The molecule has 3 rings (SSSR count). The predicted molar refractivity (Wildman–Crippen MR) is 118 cm³/mol. The van der Waals surface area contributed by atoms with Crippen LogP contribution < -0.4 is 10.1 Å². The molecule has 0 aliphatic rings. The van der Waals surface area contributed by atoms with Gasteiger partial charge in [0.05, 0.1) is 17.9 Å². The average molecular weight is 438 g/mol. The number of carbonyl (C=O) groups excluding carboxylic acids is 3. The Hall–Kier alpha value is -3.64. The molecule has 1 amide bonds. The third-order valence-corrected chi connectivity index (χ3v) is 4.55. The summed E-state index contributed by atoms with van der Waals surface area (Å²) >= 11 is 5.87. The maximum Gasteiger partial charge on any atom is 0.339 e. The molecule has 6 nitrogen and oxygen atoms in total. The van der Waals surface area contributed by atoms with Gasteiger partial charge >= 0.3 is 5.97 Å². The normalized spacial score (nSPS) is 10.3. The number of amides is 1. The maximum atomic E-state index is 12.8. The topological polar surface area (TPSA) is 81.7 Å². The lowest BCUT2D eigenvalue weighted by molar-refractivity contribution is -0.119. The molecule has 31 heavy (non-hydrogen) atoms. The van der Waals surface area contributed by atoms with Crippen molar-refractivity contribution in [3.05, 3.63) is 94.5 Å². The number of ketones is 1. The van der Waals surface area contributed by atoms with Gasteiger partial charge < -0.3 is 14.8 Å². The summed E-state index contributed by atoms with van der Waals surface area (Å²) < 4.78 is 10.6. The van der Waals surface area contributed by atoms with Crippen LogP contribution in [0.3, 0.4) is 0 Å². The van der Waals surface area contributed by atoms with E-state index in [0.29, 0.717) is 28.6 Å². The van der Waals surface area contributed by atoms with Gasteiger partial charge in [-0.25, -0.2) is 4.79 Å². The number of carbonyl (C=O) groups is 3. The lowest BCUT2D eigenvalue weighted by atomic mass is 9.98. The Bertz CT molecular complexity index is 1100. The number of hydrogen-bond acceptors (Lipinski definition) is 5. The molecule has 0 unspecified atom stereocenters. The van der Waals surface area contributed by atoms with Gasteiger partial charge in [-0.2, -0.15) is 0 Å². The summed E-state index contributed by atoms with van der Waals surface area (Å²) in [5.74, 6) is -1.13. The van der Waals surface area contributed by atoms with Crippen LogP contribution in [0.15, 0.2) is 72.8 Å². The first kappa shape index (κ1) is 22.1. The van der Waals surface area contributed by atoms with E-state index >= 15 is 0 Å². The highest BCUT2D eigenvalue weighted by atomic mass is 35.5. The summed E-state index contributed by atoms with van der Waals surface area (Å²) in [4.78, 5) is 37.7. The lowest BCUT2D eigenvalue weighted by Crippen LogP contribution is -2.22. The Morgan fingerprint density at radius 2 is 1.52 bits per heavy atom. The molecule has 7 heteroatoms. The summed E-state index contributed by atoms with van der Waals surface area (Å²) in [5.41, 5.74) is 1.11. The number of para-hydroxylation sites is 2. The largest absolute Gasteiger partial charge is 0.492 e. The van der Waals surface area contributed by atoms with Gasteiger partial charge in [0.25, 0.3) is 5.91 Å². The molecule has 0 fully saturated rings. The second-order valence-electron chi connectivity index (χ2n) is 6.44. The van der Waals surface area contributed by atoms with Crippen LogP contribution in [0.25, 0.3) is 0 Å². The minimum absolute atomic E-state index is 0.0740. The lowest BCUT2D eigenvalue weighted by Gasteiger charge is -2.12. The molecular formula is C24H20ClNO5. The minimum Gasteiger partial charge on any atom is -0.492 e. The number of esters is 1. The van der Waals surface area contributed by atoms with Crippen LogP contribution in [0.1, 0.15) is 33.2 Å². The number of rotatable bonds is 8. The Balaban J connectivity index is 1.68. The fraction of sp³-hybridized carbons (Fsp3) is 0.125. The highest BCUT2D eigenvalue weighted by Crippen LogP contribution is 2.23. The third-order valence-electron chi connectivity index (χ3n) is 4.29. The highest BCUT2D eigenvalue weighted by Gasteiger charge is 2.20. The first-order chi connectivity index (χ1) is 15.0. The molecule has 158 valence electrons. The third kappa shape index (κ3) is 5.71. The zero-order valence-electron chi connectivity index (χ0n) is 16.8. The van der Waals surface area contributed by atoms with Gasteiger partial charge in [-0.15, -0.1) is 0 Å². The Kier molecular flexibility index (Phi) is 7.40. The van der Waals surface area contributed by atoms with Crippen LogP contribution in [0.2, 0.25) is 5.02 Å². The molecule has 0 aromatic heterocycles. The minimum atomic E-state index is -0.772. The second kappa shape index (κ2) is 10.4. The van der Waals surface area contributed by atoms with Crippen molar-refractivity contribution in [2.75, 3.05) is 18.5 Å². The number of benzene rings is 3. The molecule has 3 aromatic rings. The zero-order valence-corrected chi connectivity index (χ0v) is 17.5. The van der Waals surface area contributed by atoms with E-state index in [1.807, 2.05) is 6.92 Å². The van der Waals surface area contributed by atoms with Crippen molar-refractivity contribution >= 4 is 34.9 Å². The van der Waals surface area contributed by atoms with Crippen LogP contribution in [-0.2, 0) is 9.53 Å². The number of ether oxygens (including phenoxy) is 2. The molecule has 0 spiro atoms. The van der Waals surface area contributed by atoms with Gasteiger partial charge in [-0.05, 0) is 49.4 Å². The van der Waals surface area contributed by atoms with Crippen molar-refractivity contribution in [2.45, 2.75) is 6.92 Å². The molecule has 0 heterocycles. The van der Waals surface area contributed by atoms with Crippen molar-refractivity contribution in [3.63, 3.8) is 0 Å². The molecule has 0 radical (unpaired) electrons. The first-order valence-corrected chi connectivity index (χ1v) is 9.95. The van der Waals surface area contributed by atoms with Gasteiger partial charge in [0.2, 0.25) is 0 Å². The number of halogens is 1. The Morgan fingerprint density at radius 1 is 0.871 bits per heavy atom. The molecule has 0 saturated carbocycles. The van der Waals surface area contributed by atoms with Gasteiger partial charge in [-0.3, -0.25) is 9.59 Å². The molecule has 1 N–H and O–H groups in total. The Morgan fingerprint density at radius 3 is 2.23 bits per heavy atom. The van der Waals surface area contributed by atoms with E-state index in [9.17, 15) is 14.4 Å². The van der Waals surface area contributed by atoms with Crippen LogP contribution in [0, 0.1) is 0 Å². The fourth-order valence-electron chi connectivity index (χ4n) is 2.86. The fourth-order valence-corrected chi connectivity index (χ4v) is 2.99. The molecule has 0 aliphatic heterocycles. The average Bonchev–Trinajstić information content (AvgIpc) is 2.79. The van der Waals surface area contributed by atoms with Crippen molar-refractivity contribution in [2.24, 2.45) is 0 Å². The molecule has 0 saturated heterocycles. The quantitative estimate of drug-likeness (QED) is 0.405. The van der Waals surface area contributed by atoms with Crippen molar-refractivity contribution in [1.82, 2.24) is 0 Å². The van der Waals surface area contributed by atoms with Crippen LogP contribution in [0.4, 0.5) is 5.69 Å². The van der Waals surface area contributed by atoms with E-state index in [0.717, 1.165) is 0 Å².